The van der Waals surface area contributed by atoms with Gasteiger partial charge in [-0.25, -0.2) is 4.39 Å². The molecular weight excluding hydrogens is 227 g/mol. The molecule has 0 spiro atoms. The van der Waals surface area contributed by atoms with Crippen molar-refractivity contribution < 1.29 is 4.39 Å². The van der Waals surface area contributed by atoms with Crippen LogP contribution in [-0.2, 0) is 6.54 Å². The number of hydrogen-bond acceptors (Lipinski definition) is 2. The van der Waals surface area contributed by atoms with Crippen LogP contribution in [0.15, 0.2) is 42.5 Å². The van der Waals surface area contributed by atoms with Crippen molar-refractivity contribution in [2.75, 3.05) is 11.9 Å². The summed E-state index contributed by atoms with van der Waals surface area (Å²) in [6.45, 7) is 2.50. The Morgan fingerprint density at radius 2 is 1.94 bits per heavy atom. The van der Waals surface area contributed by atoms with Crippen LogP contribution in [0.2, 0.25) is 0 Å². The van der Waals surface area contributed by atoms with E-state index in [2.05, 4.69) is 6.07 Å². The summed E-state index contributed by atoms with van der Waals surface area (Å²) in [5.41, 5.74) is 9.78. The molecule has 0 amide bonds. The third-order valence-electron chi connectivity index (χ3n) is 3.02. The molecule has 2 aromatic rings. The molecule has 2 rings (SSSR count). The van der Waals surface area contributed by atoms with Gasteiger partial charge in [-0.05, 0) is 42.3 Å². The quantitative estimate of drug-likeness (QED) is 0.897. The summed E-state index contributed by atoms with van der Waals surface area (Å²) in [5, 5.41) is 0. The molecule has 0 saturated heterocycles. The van der Waals surface area contributed by atoms with Crippen molar-refractivity contribution in [1.29, 1.82) is 0 Å². The molecule has 2 aromatic carbocycles. The average molecular weight is 244 g/mol. The van der Waals surface area contributed by atoms with Crippen LogP contribution in [0.4, 0.5) is 15.8 Å². The minimum absolute atomic E-state index is 0.235. The highest BCUT2D eigenvalue weighted by Gasteiger charge is 2.09. The van der Waals surface area contributed by atoms with Crippen LogP contribution in [-0.4, -0.2) is 7.05 Å². The Morgan fingerprint density at radius 3 is 2.61 bits per heavy atom. The molecule has 0 fully saturated rings. The molecule has 0 radical (unpaired) electrons. The van der Waals surface area contributed by atoms with Crippen LogP contribution in [0.25, 0.3) is 0 Å². The normalized spacial score (nSPS) is 10.4. The number of aryl methyl sites for hydroxylation is 1. The molecule has 0 aromatic heterocycles. The number of rotatable bonds is 3. The maximum Gasteiger partial charge on any atom is 0.125 e. The number of benzene rings is 2. The SMILES string of the molecule is Cc1ccc(CN)c(N(C)c2cccc(F)c2)c1. The minimum atomic E-state index is -0.235. The molecule has 2 N–H and O–H groups in total. The molecule has 18 heavy (non-hydrogen) atoms. The van der Waals surface area contributed by atoms with E-state index >= 15 is 0 Å². The van der Waals surface area contributed by atoms with Gasteiger partial charge in [0.2, 0.25) is 0 Å². The lowest BCUT2D eigenvalue weighted by atomic mass is 10.1. The third-order valence-corrected chi connectivity index (χ3v) is 3.02. The smallest absolute Gasteiger partial charge is 0.125 e. The molecule has 3 heteroatoms. The fraction of sp³-hybridized carbons (Fsp3) is 0.200. The zero-order valence-corrected chi connectivity index (χ0v) is 10.7. The minimum Gasteiger partial charge on any atom is -0.344 e. The van der Waals surface area contributed by atoms with Crippen molar-refractivity contribution in [2.24, 2.45) is 5.73 Å². The number of anilines is 2. The van der Waals surface area contributed by atoms with Gasteiger partial charge in [0.15, 0.2) is 0 Å². The van der Waals surface area contributed by atoms with Gasteiger partial charge < -0.3 is 10.6 Å². The Balaban J connectivity index is 2.44. The predicted molar refractivity (Wildman–Crippen MR) is 73.5 cm³/mol. The standard InChI is InChI=1S/C15H17FN2/c1-11-6-7-12(10-17)15(8-11)18(2)14-5-3-4-13(16)9-14/h3-9H,10,17H2,1-2H3. The molecule has 0 atom stereocenters. The number of hydrogen-bond donors (Lipinski definition) is 1. The molecule has 0 aliphatic carbocycles. The van der Waals surface area contributed by atoms with Crippen LogP contribution in [0, 0.1) is 12.7 Å². The van der Waals surface area contributed by atoms with Crippen molar-refractivity contribution in [3.63, 3.8) is 0 Å². The van der Waals surface area contributed by atoms with E-state index in [0.29, 0.717) is 6.54 Å². The van der Waals surface area contributed by atoms with E-state index in [1.165, 1.54) is 12.1 Å². The van der Waals surface area contributed by atoms with Crippen molar-refractivity contribution in [3.8, 4) is 0 Å². The molecule has 0 aliphatic rings. The molecule has 0 unspecified atom stereocenters. The van der Waals surface area contributed by atoms with Gasteiger partial charge in [0.05, 0.1) is 0 Å². The molecule has 0 bridgehead atoms. The molecule has 2 nitrogen and oxygen atoms in total. The van der Waals surface area contributed by atoms with Crippen LogP contribution < -0.4 is 10.6 Å². The highest BCUT2D eigenvalue weighted by Crippen LogP contribution is 2.28. The summed E-state index contributed by atoms with van der Waals surface area (Å²) in [4.78, 5) is 1.96. The Morgan fingerprint density at radius 1 is 1.17 bits per heavy atom. The Kier molecular flexibility index (Phi) is 3.63. The van der Waals surface area contributed by atoms with Crippen LogP contribution in [0.1, 0.15) is 11.1 Å². The molecule has 0 saturated carbocycles. The first-order chi connectivity index (χ1) is 8.61. The summed E-state index contributed by atoms with van der Waals surface area (Å²) >= 11 is 0. The molecule has 0 aliphatic heterocycles. The first-order valence-electron chi connectivity index (χ1n) is 5.90. The van der Waals surface area contributed by atoms with E-state index in [0.717, 1.165) is 22.5 Å². The van der Waals surface area contributed by atoms with Crippen LogP contribution >= 0.6 is 0 Å². The predicted octanol–water partition coefficient (Wildman–Crippen LogP) is 3.36. The fourth-order valence-corrected chi connectivity index (χ4v) is 1.98. The molecule has 94 valence electrons. The Hall–Kier alpha value is -1.87. The van der Waals surface area contributed by atoms with Gasteiger partial charge in [-0.15, -0.1) is 0 Å². The highest BCUT2D eigenvalue weighted by molar-refractivity contribution is 5.66. The van der Waals surface area contributed by atoms with Crippen molar-refractivity contribution in [3.05, 3.63) is 59.4 Å². The highest BCUT2D eigenvalue weighted by atomic mass is 19.1. The van der Waals surface area contributed by atoms with E-state index in [-0.39, 0.29) is 5.82 Å². The number of halogens is 1. The van der Waals surface area contributed by atoms with Gasteiger partial charge in [0.1, 0.15) is 5.82 Å². The molecular formula is C15H17FN2. The first-order valence-corrected chi connectivity index (χ1v) is 5.90. The number of nitrogens with two attached hydrogens (primary N) is 1. The van der Waals surface area contributed by atoms with Gasteiger partial charge in [0, 0.05) is 25.0 Å². The average Bonchev–Trinajstić information content (AvgIpc) is 2.38. The Labute approximate surface area is 107 Å². The maximum absolute atomic E-state index is 13.3. The summed E-state index contributed by atoms with van der Waals surface area (Å²) in [7, 11) is 1.92. The van der Waals surface area contributed by atoms with E-state index in [1.807, 2.05) is 37.1 Å². The maximum atomic E-state index is 13.3. The monoisotopic (exact) mass is 244 g/mol. The second-order valence-corrected chi connectivity index (χ2v) is 4.38. The summed E-state index contributed by atoms with van der Waals surface area (Å²) in [6.07, 6.45) is 0. The first kappa shape index (κ1) is 12.6. The van der Waals surface area contributed by atoms with Gasteiger partial charge in [-0.2, -0.15) is 0 Å². The van der Waals surface area contributed by atoms with Gasteiger partial charge in [0.25, 0.3) is 0 Å². The lowest BCUT2D eigenvalue weighted by Crippen LogP contribution is -2.13. The van der Waals surface area contributed by atoms with E-state index in [9.17, 15) is 4.39 Å². The van der Waals surface area contributed by atoms with Crippen LogP contribution in [0.3, 0.4) is 0 Å². The topological polar surface area (TPSA) is 29.3 Å². The second-order valence-electron chi connectivity index (χ2n) is 4.38. The molecule has 0 heterocycles. The zero-order chi connectivity index (χ0) is 13.1. The zero-order valence-electron chi connectivity index (χ0n) is 10.7. The van der Waals surface area contributed by atoms with Gasteiger partial charge in [-0.1, -0.05) is 18.2 Å². The summed E-state index contributed by atoms with van der Waals surface area (Å²) in [5.74, 6) is -0.235. The van der Waals surface area contributed by atoms with Gasteiger partial charge >= 0.3 is 0 Å². The lowest BCUT2D eigenvalue weighted by molar-refractivity contribution is 0.628. The Bertz CT molecular complexity index is 552. The van der Waals surface area contributed by atoms with Crippen molar-refractivity contribution in [1.82, 2.24) is 0 Å². The second kappa shape index (κ2) is 5.19. The third kappa shape index (κ3) is 2.51. The van der Waals surface area contributed by atoms with Crippen LogP contribution in [0.5, 0.6) is 0 Å². The number of nitrogens with zero attached hydrogens (tertiary/aromatic N) is 1. The van der Waals surface area contributed by atoms with E-state index < -0.39 is 0 Å². The largest absolute Gasteiger partial charge is 0.344 e. The van der Waals surface area contributed by atoms with E-state index in [4.69, 9.17) is 5.73 Å². The van der Waals surface area contributed by atoms with Crippen molar-refractivity contribution >= 4 is 11.4 Å². The van der Waals surface area contributed by atoms with Gasteiger partial charge in [-0.3, -0.25) is 0 Å². The lowest BCUT2D eigenvalue weighted by Gasteiger charge is -2.23. The summed E-state index contributed by atoms with van der Waals surface area (Å²) < 4.78 is 13.3. The fourth-order valence-electron chi connectivity index (χ4n) is 1.98. The van der Waals surface area contributed by atoms with Crippen molar-refractivity contribution in [2.45, 2.75) is 13.5 Å². The summed E-state index contributed by atoms with van der Waals surface area (Å²) in [6, 6.07) is 12.7. The van der Waals surface area contributed by atoms with E-state index in [1.54, 1.807) is 6.07 Å².